The zero-order valence-electron chi connectivity index (χ0n) is 15.1. The summed E-state index contributed by atoms with van der Waals surface area (Å²) in [5.74, 6) is 2.27. The zero-order valence-corrected chi connectivity index (χ0v) is 16.6. The minimum absolute atomic E-state index is 0. The molecule has 2 aromatic carbocycles. The molecular weight excluding hydrogens is 383 g/mol. The van der Waals surface area contributed by atoms with Gasteiger partial charge in [-0.05, 0) is 47.2 Å². The number of benzene rings is 2. The first kappa shape index (κ1) is 20.0. The molecule has 2 aliphatic rings. The van der Waals surface area contributed by atoms with Crippen LogP contribution in [0.15, 0.2) is 48.5 Å². The molecular formula is C21H24Cl2N2O2. The quantitative estimate of drug-likeness (QED) is 0.824. The van der Waals surface area contributed by atoms with E-state index in [1.165, 1.54) is 0 Å². The molecule has 6 heteroatoms. The maximum Gasteiger partial charge on any atom is 0.227 e. The molecule has 2 fully saturated rings. The van der Waals surface area contributed by atoms with Gasteiger partial charge in [-0.15, -0.1) is 12.4 Å². The van der Waals surface area contributed by atoms with Gasteiger partial charge in [0.15, 0.2) is 0 Å². The van der Waals surface area contributed by atoms with Gasteiger partial charge in [0.05, 0.1) is 6.42 Å². The lowest BCUT2D eigenvalue weighted by molar-refractivity contribution is -0.129. The number of likely N-dealkylation sites (tertiary alicyclic amines) is 1. The molecule has 0 bridgehead atoms. The fourth-order valence-corrected chi connectivity index (χ4v) is 3.96. The monoisotopic (exact) mass is 406 g/mol. The highest BCUT2D eigenvalue weighted by Gasteiger charge is 2.37. The Labute approximate surface area is 171 Å². The number of nitrogens with one attached hydrogen (secondary N) is 1. The lowest BCUT2D eigenvalue weighted by atomic mass is 10.0. The summed E-state index contributed by atoms with van der Waals surface area (Å²) in [5, 5.41) is 4.13. The Morgan fingerprint density at radius 2 is 1.78 bits per heavy atom. The van der Waals surface area contributed by atoms with Crippen LogP contribution >= 0.6 is 24.0 Å². The van der Waals surface area contributed by atoms with Gasteiger partial charge in [0, 0.05) is 31.2 Å². The van der Waals surface area contributed by atoms with Gasteiger partial charge in [-0.25, -0.2) is 0 Å². The van der Waals surface area contributed by atoms with Crippen LogP contribution in [0.4, 0.5) is 0 Å². The van der Waals surface area contributed by atoms with E-state index in [1.54, 1.807) is 0 Å². The molecule has 0 saturated carbocycles. The lowest BCUT2D eigenvalue weighted by Crippen LogP contribution is -2.32. The highest BCUT2D eigenvalue weighted by atomic mass is 35.5. The normalized spacial score (nSPS) is 20.9. The summed E-state index contributed by atoms with van der Waals surface area (Å²) < 4.78 is 5.86. The topological polar surface area (TPSA) is 41.6 Å². The van der Waals surface area contributed by atoms with Crippen LogP contribution in [0, 0.1) is 11.8 Å². The summed E-state index contributed by atoms with van der Waals surface area (Å²) in [5.41, 5.74) is 2.06. The molecule has 4 nitrogen and oxygen atoms in total. The third-order valence-electron chi connectivity index (χ3n) is 5.31. The molecule has 0 unspecified atom stereocenters. The van der Waals surface area contributed by atoms with E-state index in [2.05, 4.69) is 5.32 Å². The third-order valence-corrected chi connectivity index (χ3v) is 5.57. The van der Waals surface area contributed by atoms with Crippen LogP contribution in [0.2, 0.25) is 5.02 Å². The minimum Gasteiger partial charge on any atom is -0.489 e. The maximum absolute atomic E-state index is 12.6. The van der Waals surface area contributed by atoms with Crippen molar-refractivity contribution in [3.63, 3.8) is 0 Å². The van der Waals surface area contributed by atoms with Gasteiger partial charge in [0.1, 0.15) is 12.4 Å². The molecule has 4 rings (SSSR count). The number of carbonyl (C=O) groups is 1. The fraction of sp³-hybridized carbons (Fsp3) is 0.381. The van der Waals surface area contributed by atoms with Crippen molar-refractivity contribution < 1.29 is 9.53 Å². The van der Waals surface area contributed by atoms with E-state index in [4.69, 9.17) is 16.3 Å². The van der Waals surface area contributed by atoms with Crippen LogP contribution in [0.5, 0.6) is 5.75 Å². The minimum atomic E-state index is 0. The van der Waals surface area contributed by atoms with Crippen molar-refractivity contribution in [2.24, 2.45) is 11.8 Å². The fourth-order valence-electron chi connectivity index (χ4n) is 3.84. The summed E-state index contributed by atoms with van der Waals surface area (Å²) in [7, 11) is 0. The highest BCUT2D eigenvalue weighted by molar-refractivity contribution is 6.30. The molecule has 2 saturated heterocycles. The number of carbonyl (C=O) groups excluding carboxylic acids is 1. The summed E-state index contributed by atoms with van der Waals surface area (Å²) in [6.45, 7) is 4.36. The van der Waals surface area contributed by atoms with E-state index < -0.39 is 0 Å². The van der Waals surface area contributed by atoms with Gasteiger partial charge < -0.3 is 15.0 Å². The number of halogens is 2. The van der Waals surface area contributed by atoms with Crippen molar-refractivity contribution in [3.8, 4) is 5.75 Å². The van der Waals surface area contributed by atoms with Crippen LogP contribution in [-0.2, 0) is 17.8 Å². The van der Waals surface area contributed by atoms with E-state index in [-0.39, 0.29) is 18.3 Å². The van der Waals surface area contributed by atoms with E-state index in [0.717, 1.165) is 48.1 Å². The largest absolute Gasteiger partial charge is 0.489 e. The number of amides is 1. The molecule has 0 spiro atoms. The Balaban J connectivity index is 0.00000210. The van der Waals surface area contributed by atoms with Gasteiger partial charge in [0.2, 0.25) is 5.91 Å². The third kappa shape index (κ3) is 4.95. The molecule has 1 amide bonds. The number of hydrogen-bond acceptors (Lipinski definition) is 3. The van der Waals surface area contributed by atoms with Gasteiger partial charge in [0.25, 0.3) is 0 Å². The van der Waals surface area contributed by atoms with Crippen molar-refractivity contribution in [1.82, 2.24) is 10.2 Å². The number of rotatable bonds is 5. The zero-order chi connectivity index (χ0) is 17.9. The molecule has 0 aliphatic carbocycles. The molecule has 144 valence electrons. The van der Waals surface area contributed by atoms with Crippen LogP contribution in [0.3, 0.4) is 0 Å². The Hall–Kier alpha value is -1.75. The second-order valence-electron chi connectivity index (χ2n) is 7.22. The number of hydrogen-bond donors (Lipinski definition) is 1. The SMILES string of the molecule is Cl.O=C(Cc1cccc(OCc2ccc(Cl)cc2)c1)N1C[C@H]2CNC[C@H]2C1. The molecule has 0 aromatic heterocycles. The van der Waals surface area contributed by atoms with Crippen molar-refractivity contribution >= 4 is 29.9 Å². The highest BCUT2D eigenvalue weighted by Crippen LogP contribution is 2.27. The Morgan fingerprint density at radius 1 is 1.07 bits per heavy atom. The summed E-state index contributed by atoms with van der Waals surface area (Å²) in [6, 6.07) is 15.5. The average Bonchev–Trinajstić information content (AvgIpc) is 3.24. The van der Waals surface area contributed by atoms with Crippen molar-refractivity contribution in [3.05, 3.63) is 64.7 Å². The van der Waals surface area contributed by atoms with Gasteiger partial charge in [-0.1, -0.05) is 35.9 Å². The molecule has 2 aliphatic heterocycles. The molecule has 2 heterocycles. The van der Waals surface area contributed by atoms with Gasteiger partial charge in [-0.3, -0.25) is 4.79 Å². The van der Waals surface area contributed by atoms with Gasteiger partial charge in [-0.2, -0.15) is 0 Å². The maximum atomic E-state index is 12.6. The van der Waals surface area contributed by atoms with Crippen molar-refractivity contribution in [2.45, 2.75) is 13.0 Å². The molecule has 2 aromatic rings. The molecule has 0 radical (unpaired) electrons. The number of ether oxygens (including phenoxy) is 1. The van der Waals surface area contributed by atoms with Gasteiger partial charge >= 0.3 is 0 Å². The predicted octanol–water partition coefficient (Wildman–Crippen LogP) is 3.56. The summed E-state index contributed by atoms with van der Waals surface area (Å²) in [4.78, 5) is 14.6. The number of nitrogens with zero attached hydrogens (tertiary/aromatic N) is 1. The smallest absolute Gasteiger partial charge is 0.227 e. The number of fused-ring (bicyclic) bond motifs is 1. The van der Waals surface area contributed by atoms with Crippen molar-refractivity contribution in [1.29, 1.82) is 0 Å². The Kier molecular flexibility index (Phi) is 6.64. The van der Waals surface area contributed by atoms with E-state index in [1.807, 2.05) is 53.4 Å². The van der Waals surface area contributed by atoms with Crippen LogP contribution in [-0.4, -0.2) is 37.0 Å². The Bertz CT molecular complexity index is 770. The average molecular weight is 407 g/mol. The first-order valence-corrected chi connectivity index (χ1v) is 9.50. The van der Waals surface area contributed by atoms with Crippen LogP contribution in [0.25, 0.3) is 0 Å². The predicted molar refractivity (Wildman–Crippen MR) is 110 cm³/mol. The van der Waals surface area contributed by atoms with E-state index in [0.29, 0.717) is 24.9 Å². The first-order chi connectivity index (χ1) is 12.7. The summed E-state index contributed by atoms with van der Waals surface area (Å²) in [6.07, 6.45) is 0.436. The lowest BCUT2D eigenvalue weighted by Gasteiger charge is -2.17. The molecule has 2 atom stereocenters. The molecule has 27 heavy (non-hydrogen) atoms. The van der Waals surface area contributed by atoms with Crippen LogP contribution < -0.4 is 10.1 Å². The van der Waals surface area contributed by atoms with Crippen molar-refractivity contribution in [2.75, 3.05) is 26.2 Å². The molecule has 1 N–H and O–H groups in total. The van der Waals surface area contributed by atoms with Crippen LogP contribution in [0.1, 0.15) is 11.1 Å². The first-order valence-electron chi connectivity index (χ1n) is 9.12. The second-order valence-corrected chi connectivity index (χ2v) is 7.65. The van der Waals surface area contributed by atoms with E-state index in [9.17, 15) is 4.79 Å². The second kappa shape index (κ2) is 8.96. The Morgan fingerprint density at radius 3 is 2.48 bits per heavy atom. The summed E-state index contributed by atoms with van der Waals surface area (Å²) >= 11 is 5.90. The van der Waals surface area contributed by atoms with E-state index >= 15 is 0 Å². The standard InChI is InChI=1S/C21H23ClN2O2.ClH/c22-19-6-4-15(5-7-19)14-26-20-3-1-2-16(8-20)9-21(25)24-12-17-10-23-11-18(17)13-24;/h1-8,17-18,23H,9-14H2;1H/t17-,18+;.